The van der Waals surface area contributed by atoms with Crippen molar-refractivity contribution in [2.75, 3.05) is 26.7 Å². The van der Waals surface area contributed by atoms with Crippen molar-refractivity contribution in [2.24, 2.45) is 11.1 Å². The average molecular weight is 260 g/mol. The fourth-order valence-corrected chi connectivity index (χ4v) is 2.97. The van der Waals surface area contributed by atoms with Gasteiger partial charge in [-0.3, -0.25) is 0 Å². The van der Waals surface area contributed by atoms with Crippen LogP contribution >= 0.6 is 0 Å². The second-order valence-electron chi connectivity index (χ2n) is 6.81. The Morgan fingerprint density at radius 1 is 1.21 bits per heavy atom. The standard InChI is InChI=1S/C17H28N2/c1-17(2,12-18)13-19(3)10-9-14-7-8-15-5-4-6-16(15)11-14/h7-8,11H,4-6,9-10,12-13,18H2,1-3H3. The molecule has 2 heteroatoms. The maximum Gasteiger partial charge on any atom is 0.00418 e. The van der Waals surface area contributed by atoms with Crippen molar-refractivity contribution in [2.45, 2.75) is 39.5 Å². The van der Waals surface area contributed by atoms with Gasteiger partial charge in [0, 0.05) is 13.1 Å². The average Bonchev–Trinajstić information content (AvgIpc) is 2.83. The minimum Gasteiger partial charge on any atom is -0.330 e. The van der Waals surface area contributed by atoms with Crippen LogP contribution in [0.2, 0.25) is 0 Å². The molecule has 0 amide bonds. The van der Waals surface area contributed by atoms with E-state index in [1.807, 2.05) is 0 Å². The molecule has 0 spiro atoms. The van der Waals surface area contributed by atoms with E-state index in [0.717, 1.165) is 26.1 Å². The topological polar surface area (TPSA) is 29.3 Å². The van der Waals surface area contributed by atoms with E-state index >= 15 is 0 Å². The third kappa shape index (κ3) is 4.05. The Morgan fingerprint density at radius 3 is 2.68 bits per heavy atom. The molecule has 19 heavy (non-hydrogen) atoms. The molecule has 106 valence electrons. The summed E-state index contributed by atoms with van der Waals surface area (Å²) in [6.07, 6.45) is 5.03. The summed E-state index contributed by atoms with van der Waals surface area (Å²) in [5.41, 5.74) is 10.7. The Morgan fingerprint density at radius 2 is 1.95 bits per heavy atom. The molecular formula is C17H28N2. The molecule has 2 N–H and O–H groups in total. The fourth-order valence-electron chi connectivity index (χ4n) is 2.97. The second-order valence-corrected chi connectivity index (χ2v) is 6.81. The van der Waals surface area contributed by atoms with Gasteiger partial charge in [-0.25, -0.2) is 0 Å². The number of benzene rings is 1. The van der Waals surface area contributed by atoms with Crippen LogP contribution in [0.1, 0.15) is 37.0 Å². The number of nitrogens with two attached hydrogens (primary N) is 1. The Bertz CT molecular complexity index is 423. The molecule has 0 heterocycles. The van der Waals surface area contributed by atoms with Crippen molar-refractivity contribution < 1.29 is 0 Å². The largest absolute Gasteiger partial charge is 0.330 e. The fraction of sp³-hybridized carbons (Fsp3) is 0.647. The molecule has 2 rings (SSSR count). The predicted octanol–water partition coefficient (Wildman–Crippen LogP) is 2.63. The molecule has 0 aliphatic heterocycles. The maximum absolute atomic E-state index is 5.80. The normalized spacial score (nSPS) is 15.0. The number of nitrogens with zero attached hydrogens (tertiary/aromatic N) is 1. The minimum atomic E-state index is 0.215. The van der Waals surface area contributed by atoms with E-state index in [-0.39, 0.29) is 5.41 Å². The van der Waals surface area contributed by atoms with Crippen molar-refractivity contribution >= 4 is 0 Å². The molecule has 1 aromatic carbocycles. The molecule has 0 atom stereocenters. The zero-order valence-electron chi connectivity index (χ0n) is 12.7. The quantitative estimate of drug-likeness (QED) is 0.852. The summed E-state index contributed by atoms with van der Waals surface area (Å²) in [6, 6.07) is 7.07. The number of rotatable bonds is 6. The lowest BCUT2D eigenvalue weighted by atomic mass is 9.93. The molecule has 0 unspecified atom stereocenters. The summed E-state index contributed by atoms with van der Waals surface area (Å²) < 4.78 is 0. The van der Waals surface area contributed by atoms with Gasteiger partial charge in [-0.05, 0) is 61.4 Å². The number of likely N-dealkylation sites (N-methyl/N-ethyl adjacent to an activating group) is 1. The number of fused-ring (bicyclic) bond motifs is 1. The van der Waals surface area contributed by atoms with Crippen LogP contribution in [0.15, 0.2) is 18.2 Å². The van der Waals surface area contributed by atoms with Crippen LogP contribution in [0.5, 0.6) is 0 Å². The SMILES string of the molecule is CN(CCc1ccc2c(c1)CCC2)CC(C)(C)CN. The van der Waals surface area contributed by atoms with E-state index in [4.69, 9.17) is 5.73 Å². The highest BCUT2D eigenvalue weighted by Crippen LogP contribution is 2.23. The molecule has 2 nitrogen and oxygen atoms in total. The zero-order chi connectivity index (χ0) is 13.9. The van der Waals surface area contributed by atoms with Gasteiger partial charge in [0.25, 0.3) is 0 Å². The molecule has 0 bridgehead atoms. The number of hydrogen-bond acceptors (Lipinski definition) is 2. The van der Waals surface area contributed by atoms with Gasteiger partial charge in [-0.1, -0.05) is 32.0 Å². The van der Waals surface area contributed by atoms with Gasteiger partial charge in [0.05, 0.1) is 0 Å². The summed E-state index contributed by atoms with van der Waals surface area (Å²) in [5.74, 6) is 0. The molecule has 0 fully saturated rings. The third-order valence-electron chi connectivity index (χ3n) is 4.20. The van der Waals surface area contributed by atoms with Crippen molar-refractivity contribution in [3.8, 4) is 0 Å². The second kappa shape index (κ2) is 6.06. The lowest BCUT2D eigenvalue weighted by molar-refractivity contribution is 0.218. The van der Waals surface area contributed by atoms with Crippen LogP contribution in [0.3, 0.4) is 0 Å². The predicted molar refractivity (Wildman–Crippen MR) is 82.5 cm³/mol. The summed E-state index contributed by atoms with van der Waals surface area (Å²) in [6.45, 7) is 7.39. The van der Waals surface area contributed by atoms with Gasteiger partial charge >= 0.3 is 0 Å². The van der Waals surface area contributed by atoms with E-state index in [1.165, 1.54) is 24.8 Å². The molecule has 0 aromatic heterocycles. The lowest BCUT2D eigenvalue weighted by Crippen LogP contribution is -2.37. The molecule has 0 saturated heterocycles. The van der Waals surface area contributed by atoms with Crippen LogP contribution in [0.25, 0.3) is 0 Å². The van der Waals surface area contributed by atoms with E-state index in [0.29, 0.717) is 0 Å². The van der Waals surface area contributed by atoms with Gasteiger partial charge in [0.1, 0.15) is 0 Å². The van der Waals surface area contributed by atoms with Gasteiger partial charge in [-0.2, -0.15) is 0 Å². The van der Waals surface area contributed by atoms with Crippen LogP contribution in [-0.4, -0.2) is 31.6 Å². The Labute approximate surface area is 118 Å². The first-order chi connectivity index (χ1) is 9.00. The summed E-state index contributed by atoms with van der Waals surface area (Å²) in [5, 5.41) is 0. The van der Waals surface area contributed by atoms with Crippen LogP contribution in [0.4, 0.5) is 0 Å². The van der Waals surface area contributed by atoms with Crippen molar-refractivity contribution in [1.82, 2.24) is 4.90 Å². The smallest absolute Gasteiger partial charge is 0.00418 e. The monoisotopic (exact) mass is 260 g/mol. The van der Waals surface area contributed by atoms with Crippen molar-refractivity contribution in [3.63, 3.8) is 0 Å². The highest BCUT2D eigenvalue weighted by atomic mass is 15.1. The summed E-state index contributed by atoms with van der Waals surface area (Å²) >= 11 is 0. The van der Waals surface area contributed by atoms with E-state index < -0.39 is 0 Å². The van der Waals surface area contributed by atoms with Crippen LogP contribution in [-0.2, 0) is 19.3 Å². The molecule has 1 aliphatic rings. The molecule has 0 saturated carbocycles. The highest BCUT2D eigenvalue weighted by molar-refractivity contribution is 5.35. The Hall–Kier alpha value is -0.860. The minimum absolute atomic E-state index is 0.215. The van der Waals surface area contributed by atoms with Gasteiger partial charge in [0.2, 0.25) is 0 Å². The highest BCUT2D eigenvalue weighted by Gasteiger charge is 2.18. The van der Waals surface area contributed by atoms with Crippen LogP contribution < -0.4 is 5.73 Å². The molecular weight excluding hydrogens is 232 g/mol. The zero-order valence-corrected chi connectivity index (χ0v) is 12.7. The van der Waals surface area contributed by atoms with Crippen molar-refractivity contribution in [3.05, 3.63) is 34.9 Å². The van der Waals surface area contributed by atoms with Crippen molar-refractivity contribution in [1.29, 1.82) is 0 Å². The Kier molecular flexibility index (Phi) is 4.64. The van der Waals surface area contributed by atoms with Crippen LogP contribution in [0, 0.1) is 5.41 Å². The lowest BCUT2D eigenvalue weighted by Gasteiger charge is -2.29. The van der Waals surface area contributed by atoms with Gasteiger partial charge in [0.15, 0.2) is 0 Å². The Balaban J connectivity index is 1.85. The van der Waals surface area contributed by atoms with Gasteiger partial charge < -0.3 is 10.6 Å². The summed E-state index contributed by atoms with van der Waals surface area (Å²) in [4.78, 5) is 2.40. The molecule has 1 aliphatic carbocycles. The molecule has 1 aromatic rings. The number of hydrogen-bond donors (Lipinski definition) is 1. The molecule has 0 radical (unpaired) electrons. The van der Waals surface area contributed by atoms with E-state index in [1.54, 1.807) is 11.1 Å². The third-order valence-corrected chi connectivity index (χ3v) is 4.20. The number of aryl methyl sites for hydroxylation is 2. The summed E-state index contributed by atoms with van der Waals surface area (Å²) in [7, 11) is 2.20. The van der Waals surface area contributed by atoms with Gasteiger partial charge in [-0.15, -0.1) is 0 Å². The first-order valence-corrected chi connectivity index (χ1v) is 7.49. The maximum atomic E-state index is 5.80. The van der Waals surface area contributed by atoms with E-state index in [2.05, 4.69) is 44.0 Å². The van der Waals surface area contributed by atoms with E-state index in [9.17, 15) is 0 Å². The first kappa shape index (κ1) is 14.5. The first-order valence-electron chi connectivity index (χ1n) is 7.49.